The minimum Gasteiger partial charge on any atom is -0.398 e. The second kappa shape index (κ2) is 8.20. The van der Waals surface area contributed by atoms with E-state index >= 15 is 0 Å². The van der Waals surface area contributed by atoms with Crippen LogP contribution in [0.1, 0.15) is 28.0 Å². The average Bonchev–Trinajstić information content (AvgIpc) is 2.54. The molecule has 0 saturated carbocycles. The van der Waals surface area contributed by atoms with E-state index in [-0.39, 0.29) is 16.0 Å². The van der Waals surface area contributed by atoms with Gasteiger partial charge in [0, 0.05) is 52.4 Å². The van der Waals surface area contributed by atoms with E-state index < -0.39 is 6.03 Å². The minimum atomic E-state index is -0.399. The van der Waals surface area contributed by atoms with Crippen LogP contribution < -0.4 is 16.4 Å². The molecular formula is C17H28N6O2. The quantitative estimate of drug-likeness (QED) is 0.597. The van der Waals surface area contributed by atoms with Crippen molar-refractivity contribution in [3.63, 3.8) is 0 Å². The Morgan fingerprint density at radius 2 is 2.20 bits per heavy atom. The highest BCUT2D eigenvalue weighted by Gasteiger charge is 2.12. The molecule has 0 aliphatic heterocycles. The van der Waals surface area contributed by atoms with Crippen LogP contribution in [0.15, 0.2) is 30.6 Å². The monoisotopic (exact) mass is 348 g/mol. The summed E-state index contributed by atoms with van der Waals surface area (Å²) in [5.41, 5.74) is 8.65. The summed E-state index contributed by atoms with van der Waals surface area (Å²) in [5.74, 6) is 0.307. The van der Waals surface area contributed by atoms with E-state index in [9.17, 15) is 4.79 Å². The van der Waals surface area contributed by atoms with Crippen molar-refractivity contribution in [3.8, 4) is 0 Å². The number of aryl methyl sites for hydroxylation is 1. The molecule has 5 N–H and O–H groups in total. The number of nitrogens with two attached hydrogens (primary N) is 1. The third kappa shape index (κ3) is 4.98. The van der Waals surface area contributed by atoms with Crippen molar-refractivity contribution < 1.29 is 13.8 Å². The van der Waals surface area contributed by atoms with Crippen LogP contribution >= 0.6 is 0 Å². The molecule has 1 unspecified atom stereocenters. The SMILES string of the molecule is COCC(C)NC(=O)Nc1cc(N)c(C(=N)c2ccnc(C)c2)cn1.[HH].[HH].[HH]. The maximum atomic E-state index is 11.9. The summed E-state index contributed by atoms with van der Waals surface area (Å²) >= 11 is 0. The Balaban J connectivity index is 0. The van der Waals surface area contributed by atoms with Crippen LogP contribution in [0.4, 0.5) is 16.3 Å². The third-order valence-corrected chi connectivity index (χ3v) is 3.43. The number of nitrogen functional groups attached to an aromatic ring is 1. The van der Waals surface area contributed by atoms with Crippen molar-refractivity contribution in [3.05, 3.63) is 47.4 Å². The van der Waals surface area contributed by atoms with Crippen LogP contribution in [-0.2, 0) is 4.74 Å². The highest BCUT2D eigenvalue weighted by atomic mass is 16.5. The van der Waals surface area contributed by atoms with Crippen molar-refractivity contribution in [2.45, 2.75) is 19.9 Å². The molecular weight excluding hydrogens is 320 g/mol. The smallest absolute Gasteiger partial charge is 0.320 e. The molecule has 1 atom stereocenters. The van der Waals surface area contributed by atoms with E-state index in [0.29, 0.717) is 29.2 Å². The molecule has 0 aromatic carbocycles. The molecule has 2 aromatic heterocycles. The van der Waals surface area contributed by atoms with Gasteiger partial charge in [-0.15, -0.1) is 0 Å². The zero-order valence-corrected chi connectivity index (χ0v) is 14.5. The summed E-state index contributed by atoms with van der Waals surface area (Å²) in [7, 11) is 1.57. The number of hydrogen-bond donors (Lipinski definition) is 4. The number of aromatic nitrogens is 2. The number of rotatable bonds is 6. The fraction of sp³-hybridized carbons (Fsp3) is 0.294. The lowest BCUT2D eigenvalue weighted by molar-refractivity contribution is 0.173. The number of carbonyl (C=O) groups excluding carboxylic acids is 1. The largest absolute Gasteiger partial charge is 0.398 e. The van der Waals surface area contributed by atoms with Gasteiger partial charge in [0.25, 0.3) is 0 Å². The number of amides is 2. The topological polar surface area (TPSA) is 126 Å². The lowest BCUT2D eigenvalue weighted by Crippen LogP contribution is -2.38. The predicted octanol–water partition coefficient (Wildman–Crippen LogP) is 2.68. The number of urea groups is 1. The molecule has 0 radical (unpaired) electrons. The summed E-state index contributed by atoms with van der Waals surface area (Å²) in [6.45, 7) is 4.09. The number of pyridine rings is 2. The van der Waals surface area contributed by atoms with Crippen molar-refractivity contribution in [1.82, 2.24) is 15.3 Å². The van der Waals surface area contributed by atoms with Gasteiger partial charge < -0.3 is 15.8 Å². The first kappa shape index (κ1) is 18.3. The molecule has 25 heavy (non-hydrogen) atoms. The summed E-state index contributed by atoms with van der Waals surface area (Å²) in [4.78, 5) is 20.2. The molecule has 2 amide bonds. The third-order valence-electron chi connectivity index (χ3n) is 3.43. The van der Waals surface area contributed by atoms with Gasteiger partial charge in [-0.3, -0.25) is 15.7 Å². The molecule has 8 nitrogen and oxygen atoms in total. The lowest BCUT2D eigenvalue weighted by Gasteiger charge is -2.14. The number of nitrogens with one attached hydrogen (secondary N) is 3. The fourth-order valence-corrected chi connectivity index (χ4v) is 2.27. The molecule has 0 aliphatic rings. The Hall–Kier alpha value is -3.00. The normalized spacial score (nSPS) is 11.6. The van der Waals surface area contributed by atoms with Gasteiger partial charge in [0.05, 0.1) is 18.4 Å². The van der Waals surface area contributed by atoms with E-state index in [1.54, 1.807) is 25.4 Å². The van der Waals surface area contributed by atoms with Crippen molar-refractivity contribution in [2.24, 2.45) is 0 Å². The Morgan fingerprint density at radius 3 is 2.84 bits per heavy atom. The Labute approximate surface area is 150 Å². The summed E-state index contributed by atoms with van der Waals surface area (Å²) in [6, 6.07) is 4.54. The molecule has 0 saturated heterocycles. The summed E-state index contributed by atoms with van der Waals surface area (Å²) in [6.07, 6.45) is 3.12. The van der Waals surface area contributed by atoms with Crippen LogP contribution in [0.5, 0.6) is 0 Å². The molecule has 0 spiro atoms. The number of methoxy groups -OCH3 is 1. The molecule has 2 rings (SSSR count). The minimum absolute atomic E-state index is 0. The first-order chi connectivity index (χ1) is 11.9. The fourth-order valence-electron chi connectivity index (χ4n) is 2.27. The number of anilines is 2. The van der Waals surface area contributed by atoms with Crippen molar-refractivity contribution in [2.75, 3.05) is 24.8 Å². The van der Waals surface area contributed by atoms with Crippen LogP contribution in [0.2, 0.25) is 0 Å². The Bertz CT molecular complexity index is 791. The molecule has 0 bridgehead atoms. The number of hydrogen-bond acceptors (Lipinski definition) is 6. The van der Waals surface area contributed by atoms with Gasteiger partial charge >= 0.3 is 6.03 Å². The van der Waals surface area contributed by atoms with Crippen molar-refractivity contribution in [1.29, 1.82) is 5.41 Å². The van der Waals surface area contributed by atoms with Gasteiger partial charge in [0.2, 0.25) is 0 Å². The van der Waals surface area contributed by atoms with E-state index in [0.717, 1.165) is 5.69 Å². The summed E-state index contributed by atoms with van der Waals surface area (Å²) in [5, 5.41) is 13.6. The van der Waals surface area contributed by atoms with Crippen LogP contribution in [0.25, 0.3) is 0 Å². The second-order valence-electron chi connectivity index (χ2n) is 5.67. The number of carbonyl (C=O) groups is 1. The Morgan fingerprint density at radius 1 is 1.44 bits per heavy atom. The van der Waals surface area contributed by atoms with E-state index in [1.165, 1.54) is 12.3 Å². The average molecular weight is 348 g/mol. The maximum Gasteiger partial charge on any atom is 0.320 e. The molecule has 138 valence electrons. The van der Waals surface area contributed by atoms with Gasteiger partial charge in [-0.1, -0.05) is 0 Å². The van der Waals surface area contributed by atoms with Gasteiger partial charge in [-0.05, 0) is 26.0 Å². The molecule has 0 fully saturated rings. The highest BCUT2D eigenvalue weighted by molar-refractivity contribution is 6.13. The van der Waals surface area contributed by atoms with Gasteiger partial charge in [0.15, 0.2) is 0 Å². The number of ether oxygens (including phenoxy) is 1. The maximum absolute atomic E-state index is 11.9. The standard InChI is InChI=1S/C17H22N6O2.3H2/c1-10-6-12(4-5-20-10)16(19)13-8-21-15(7-14(13)18)23-17(24)22-11(2)9-25-3;;;/h4-8,11,19H,9H2,1-3H3,(H4,18,21,22,23,24);3*1H. The number of nitrogens with zero attached hydrogens (tertiary/aromatic N) is 2. The molecule has 2 aromatic rings. The van der Waals surface area contributed by atoms with E-state index in [4.69, 9.17) is 15.9 Å². The Kier molecular flexibility index (Phi) is 6.02. The molecule has 0 aliphatic carbocycles. The second-order valence-corrected chi connectivity index (χ2v) is 5.67. The predicted molar refractivity (Wildman–Crippen MR) is 103 cm³/mol. The molecule has 2 heterocycles. The zero-order chi connectivity index (χ0) is 18.4. The first-order valence-corrected chi connectivity index (χ1v) is 7.74. The lowest BCUT2D eigenvalue weighted by atomic mass is 10.0. The van der Waals surface area contributed by atoms with E-state index in [2.05, 4.69) is 20.6 Å². The van der Waals surface area contributed by atoms with E-state index in [1.807, 2.05) is 13.8 Å². The summed E-state index contributed by atoms with van der Waals surface area (Å²) < 4.78 is 4.96. The van der Waals surface area contributed by atoms with Gasteiger partial charge in [-0.25, -0.2) is 9.78 Å². The van der Waals surface area contributed by atoms with Crippen LogP contribution in [0, 0.1) is 12.3 Å². The first-order valence-electron chi connectivity index (χ1n) is 7.74. The highest BCUT2D eigenvalue weighted by Crippen LogP contribution is 2.19. The van der Waals surface area contributed by atoms with Gasteiger partial charge in [-0.2, -0.15) is 0 Å². The zero-order valence-electron chi connectivity index (χ0n) is 14.5. The van der Waals surface area contributed by atoms with Crippen LogP contribution in [0.3, 0.4) is 0 Å². The van der Waals surface area contributed by atoms with Gasteiger partial charge in [0.1, 0.15) is 5.82 Å². The molecule has 8 heteroatoms. The van der Waals surface area contributed by atoms with Crippen molar-refractivity contribution >= 4 is 23.2 Å². The van der Waals surface area contributed by atoms with Crippen LogP contribution in [-0.4, -0.2) is 41.5 Å².